The molecule has 1 heterocycles. The molecule has 0 atom stereocenters. The Kier molecular flexibility index (Phi) is 4.72. The number of halogens is 1. The van der Waals surface area contributed by atoms with E-state index >= 15 is 0 Å². The molecule has 3 rings (SSSR count). The number of hydrogen-bond donors (Lipinski definition) is 2. The minimum atomic E-state index is -0.663. The first-order valence-electron chi connectivity index (χ1n) is 7.55. The molecule has 5 nitrogen and oxygen atoms in total. The third-order valence-corrected chi connectivity index (χ3v) is 4.26. The molecule has 0 saturated carbocycles. The number of carbonyl (C=O) groups is 1. The first-order chi connectivity index (χ1) is 12.0. The normalized spacial score (nSPS) is 10.6. The smallest absolute Gasteiger partial charge is 0.268 e. The van der Waals surface area contributed by atoms with E-state index in [4.69, 9.17) is 0 Å². The number of allylic oxidation sites excluding steroid dienone is 1. The van der Waals surface area contributed by atoms with Crippen molar-refractivity contribution in [3.8, 4) is 5.75 Å². The molecule has 6 heteroatoms. The second kappa shape index (κ2) is 6.94. The number of pyridine rings is 1. The van der Waals surface area contributed by atoms with E-state index in [1.165, 1.54) is 4.57 Å². The van der Waals surface area contributed by atoms with Crippen LogP contribution in [-0.4, -0.2) is 15.6 Å². The number of para-hydroxylation sites is 1. The minimum absolute atomic E-state index is 0.233. The average Bonchev–Trinajstić information content (AvgIpc) is 2.59. The standard InChI is InChI=1S/C19H15BrN2O3/c1-2-10-22-15-9-4-3-8-14(15)17(23)16(19(22)25)18(24)21-13-7-5-6-12(20)11-13/h2-9,11,23H,1,10H2,(H,21,24). The van der Waals surface area contributed by atoms with Crippen LogP contribution in [0.1, 0.15) is 10.4 Å². The molecule has 0 saturated heterocycles. The Morgan fingerprint density at radius 3 is 2.72 bits per heavy atom. The lowest BCUT2D eigenvalue weighted by molar-refractivity contribution is 0.102. The van der Waals surface area contributed by atoms with Crippen LogP contribution in [0.5, 0.6) is 5.75 Å². The number of aromatic nitrogens is 1. The van der Waals surface area contributed by atoms with Crippen LogP contribution in [0.15, 0.2) is 70.5 Å². The summed E-state index contributed by atoms with van der Waals surface area (Å²) in [6.07, 6.45) is 1.57. The third kappa shape index (κ3) is 3.21. The molecule has 1 amide bonds. The van der Waals surface area contributed by atoms with E-state index in [0.717, 1.165) is 4.47 Å². The summed E-state index contributed by atoms with van der Waals surface area (Å²) in [6, 6.07) is 13.9. The highest BCUT2D eigenvalue weighted by Gasteiger charge is 2.21. The molecule has 0 radical (unpaired) electrons. The molecule has 0 bridgehead atoms. The van der Waals surface area contributed by atoms with E-state index in [9.17, 15) is 14.7 Å². The highest BCUT2D eigenvalue weighted by Crippen LogP contribution is 2.27. The minimum Gasteiger partial charge on any atom is -0.506 e. The first kappa shape index (κ1) is 17.0. The van der Waals surface area contributed by atoms with Gasteiger partial charge in [-0.05, 0) is 30.3 Å². The van der Waals surface area contributed by atoms with Gasteiger partial charge in [-0.15, -0.1) is 6.58 Å². The van der Waals surface area contributed by atoms with Gasteiger partial charge in [0, 0.05) is 22.1 Å². The second-order valence-corrected chi connectivity index (χ2v) is 6.33. The Bertz CT molecular complexity index is 1040. The zero-order chi connectivity index (χ0) is 18.0. The monoisotopic (exact) mass is 398 g/mol. The Morgan fingerprint density at radius 2 is 2.00 bits per heavy atom. The summed E-state index contributed by atoms with van der Waals surface area (Å²) < 4.78 is 2.20. The van der Waals surface area contributed by atoms with Gasteiger partial charge in [0.15, 0.2) is 0 Å². The number of amides is 1. The van der Waals surface area contributed by atoms with Crippen LogP contribution in [-0.2, 0) is 6.54 Å². The predicted octanol–water partition coefficient (Wildman–Crippen LogP) is 3.91. The molecule has 0 aliphatic carbocycles. The maximum Gasteiger partial charge on any atom is 0.268 e. The van der Waals surface area contributed by atoms with Gasteiger partial charge in [-0.2, -0.15) is 0 Å². The van der Waals surface area contributed by atoms with Gasteiger partial charge in [0.05, 0.1) is 5.52 Å². The maximum absolute atomic E-state index is 12.8. The maximum atomic E-state index is 12.8. The summed E-state index contributed by atoms with van der Waals surface area (Å²) in [5, 5.41) is 13.6. The molecule has 0 unspecified atom stereocenters. The van der Waals surface area contributed by atoms with E-state index in [0.29, 0.717) is 16.6 Å². The number of aromatic hydroxyl groups is 1. The van der Waals surface area contributed by atoms with Crippen LogP contribution in [0.4, 0.5) is 5.69 Å². The number of rotatable bonds is 4. The van der Waals surface area contributed by atoms with Gasteiger partial charge >= 0.3 is 0 Å². The molecule has 0 spiro atoms. The van der Waals surface area contributed by atoms with Crippen LogP contribution in [0, 0.1) is 0 Å². The van der Waals surface area contributed by atoms with E-state index < -0.39 is 11.5 Å². The molecular weight excluding hydrogens is 384 g/mol. The topological polar surface area (TPSA) is 71.3 Å². The number of fused-ring (bicyclic) bond motifs is 1. The molecular formula is C19H15BrN2O3. The van der Waals surface area contributed by atoms with Gasteiger partial charge in [0.25, 0.3) is 11.5 Å². The Labute approximate surface area is 152 Å². The van der Waals surface area contributed by atoms with Crippen molar-refractivity contribution in [1.82, 2.24) is 4.57 Å². The largest absolute Gasteiger partial charge is 0.506 e. The van der Waals surface area contributed by atoms with Crippen LogP contribution in [0.25, 0.3) is 10.9 Å². The van der Waals surface area contributed by atoms with Crippen LogP contribution in [0.2, 0.25) is 0 Å². The number of hydrogen-bond acceptors (Lipinski definition) is 3. The Morgan fingerprint density at radius 1 is 1.24 bits per heavy atom. The average molecular weight is 399 g/mol. The van der Waals surface area contributed by atoms with E-state index in [-0.39, 0.29) is 17.9 Å². The number of nitrogens with one attached hydrogen (secondary N) is 1. The highest BCUT2D eigenvalue weighted by atomic mass is 79.9. The number of nitrogens with zero attached hydrogens (tertiary/aromatic N) is 1. The van der Waals surface area contributed by atoms with Crippen molar-refractivity contribution in [2.75, 3.05) is 5.32 Å². The van der Waals surface area contributed by atoms with Crippen molar-refractivity contribution >= 4 is 38.4 Å². The lowest BCUT2D eigenvalue weighted by Gasteiger charge is -2.14. The Hall–Kier alpha value is -2.86. The van der Waals surface area contributed by atoms with Gasteiger partial charge in [-0.1, -0.05) is 40.2 Å². The van der Waals surface area contributed by atoms with Crippen molar-refractivity contribution in [3.63, 3.8) is 0 Å². The molecule has 0 aliphatic heterocycles. The summed E-state index contributed by atoms with van der Waals surface area (Å²) >= 11 is 3.32. The van der Waals surface area contributed by atoms with Crippen molar-refractivity contribution in [3.05, 3.63) is 81.6 Å². The molecule has 25 heavy (non-hydrogen) atoms. The first-order valence-corrected chi connectivity index (χ1v) is 8.34. The molecule has 3 aromatic rings. The SMILES string of the molecule is C=CCn1c(=O)c(C(=O)Nc2cccc(Br)c2)c(O)c2ccccc21. The van der Waals surface area contributed by atoms with Crippen LogP contribution in [0.3, 0.4) is 0 Å². The molecule has 1 aromatic heterocycles. The van der Waals surface area contributed by atoms with Crippen LogP contribution >= 0.6 is 15.9 Å². The van der Waals surface area contributed by atoms with Gasteiger partial charge in [0.1, 0.15) is 11.3 Å². The molecule has 126 valence electrons. The fourth-order valence-electron chi connectivity index (χ4n) is 2.66. The van der Waals surface area contributed by atoms with E-state index in [1.54, 1.807) is 48.5 Å². The second-order valence-electron chi connectivity index (χ2n) is 5.41. The number of anilines is 1. The Balaban J connectivity index is 2.16. The van der Waals surface area contributed by atoms with Crippen LogP contribution < -0.4 is 10.9 Å². The fraction of sp³-hybridized carbons (Fsp3) is 0.0526. The molecule has 2 aromatic carbocycles. The van der Waals surface area contributed by atoms with Gasteiger partial charge in [-0.25, -0.2) is 0 Å². The third-order valence-electron chi connectivity index (χ3n) is 3.77. The molecule has 0 fully saturated rings. The lowest BCUT2D eigenvalue weighted by atomic mass is 10.1. The van der Waals surface area contributed by atoms with Gasteiger partial charge in [-0.3, -0.25) is 9.59 Å². The van der Waals surface area contributed by atoms with Crippen molar-refractivity contribution in [2.24, 2.45) is 0 Å². The fourth-order valence-corrected chi connectivity index (χ4v) is 3.06. The summed E-state index contributed by atoms with van der Waals surface area (Å²) in [4.78, 5) is 25.4. The van der Waals surface area contributed by atoms with E-state index in [2.05, 4.69) is 27.8 Å². The van der Waals surface area contributed by atoms with Gasteiger partial charge < -0.3 is 15.0 Å². The molecule has 0 aliphatic rings. The zero-order valence-corrected chi connectivity index (χ0v) is 14.8. The van der Waals surface area contributed by atoms with Gasteiger partial charge in [0.2, 0.25) is 0 Å². The number of carbonyl (C=O) groups excluding carboxylic acids is 1. The summed E-state index contributed by atoms with van der Waals surface area (Å²) in [5.41, 5.74) is 0.203. The van der Waals surface area contributed by atoms with E-state index in [1.807, 2.05) is 6.07 Å². The predicted molar refractivity (Wildman–Crippen MR) is 102 cm³/mol. The van der Waals surface area contributed by atoms with Crippen molar-refractivity contribution < 1.29 is 9.90 Å². The molecule has 2 N–H and O–H groups in total. The highest BCUT2D eigenvalue weighted by molar-refractivity contribution is 9.10. The summed E-state index contributed by atoms with van der Waals surface area (Å²) in [6.45, 7) is 3.88. The number of benzene rings is 2. The summed E-state index contributed by atoms with van der Waals surface area (Å²) in [7, 11) is 0. The van der Waals surface area contributed by atoms with Crippen molar-refractivity contribution in [2.45, 2.75) is 6.54 Å². The lowest BCUT2D eigenvalue weighted by Crippen LogP contribution is -2.29. The summed E-state index contributed by atoms with van der Waals surface area (Å²) in [5.74, 6) is -0.988. The zero-order valence-electron chi connectivity index (χ0n) is 13.2. The quantitative estimate of drug-likeness (QED) is 0.654. The van der Waals surface area contributed by atoms with Crippen molar-refractivity contribution in [1.29, 1.82) is 0 Å².